The summed E-state index contributed by atoms with van der Waals surface area (Å²) in [5.41, 5.74) is 1.16. The number of carbonyl (C=O) groups is 4. The van der Waals surface area contributed by atoms with Crippen LogP contribution in [0, 0.1) is 0 Å². The topological polar surface area (TPSA) is 90.5 Å². The van der Waals surface area contributed by atoms with Crippen LogP contribution in [0.15, 0.2) is 48.5 Å². The number of hydrogen-bond acceptors (Lipinski definition) is 5. The lowest BCUT2D eigenvalue weighted by Gasteiger charge is -2.35. The summed E-state index contributed by atoms with van der Waals surface area (Å²) in [4.78, 5) is 56.7. The number of likely N-dealkylation sites (tertiary alicyclic amines) is 1. The van der Waals surface area contributed by atoms with E-state index in [-0.39, 0.29) is 43.4 Å². The van der Waals surface area contributed by atoms with Crippen molar-refractivity contribution in [2.75, 3.05) is 29.7 Å². The number of urea groups is 1. The van der Waals surface area contributed by atoms with E-state index < -0.39 is 50.7 Å². The van der Waals surface area contributed by atoms with Gasteiger partial charge < -0.3 is 9.64 Å². The van der Waals surface area contributed by atoms with Crippen molar-refractivity contribution in [3.05, 3.63) is 59.7 Å². The number of anilines is 2. The van der Waals surface area contributed by atoms with E-state index in [4.69, 9.17) is 4.74 Å². The second-order valence-corrected chi connectivity index (χ2v) is 17.6. The van der Waals surface area contributed by atoms with Gasteiger partial charge >= 0.3 is 12.2 Å². The van der Waals surface area contributed by atoms with Crippen LogP contribution >= 0.6 is 0 Å². The van der Waals surface area contributed by atoms with Crippen molar-refractivity contribution in [3.8, 4) is 0 Å². The number of para-hydroxylation sites is 1. The molecule has 3 aliphatic rings. The standard InChI is InChI=1S/C29H33F3N4O5Si/c1-42(2,3)14-13-41-18-35-25(37)12-11-23(27(35)39)34-16-19-15-21(9-10-22(19)26(34)38)33-17-24(29(30,31)32)36(28(33)40)20-7-5-4-6-8-20/h4-10,15,23-24H,11-14,16-18H2,1-3H3/t23?,24-/m1/s1. The third-order valence-electron chi connectivity index (χ3n) is 7.83. The van der Waals surface area contributed by atoms with Crippen molar-refractivity contribution >= 4 is 43.2 Å². The van der Waals surface area contributed by atoms with Gasteiger partial charge in [-0.3, -0.25) is 29.1 Å². The first-order chi connectivity index (χ1) is 19.8. The molecule has 2 atom stereocenters. The lowest BCUT2D eigenvalue weighted by molar-refractivity contribution is -0.158. The number of fused-ring (bicyclic) bond motifs is 1. The molecule has 0 aliphatic carbocycles. The zero-order chi connectivity index (χ0) is 30.4. The maximum atomic E-state index is 14.0. The van der Waals surface area contributed by atoms with Gasteiger partial charge in [-0.05, 0) is 48.4 Å². The number of ether oxygens (including phenoxy) is 1. The molecule has 0 bridgehead atoms. The molecule has 13 heteroatoms. The van der Waals surface area contributed by atoms with E-state index in [2.05, 4.69) is 19.6 Å². The minimum absolute atomic E-state index is 0.0318. The first kappa shape index (κ1) is 29.8. The Morgan fingerprint density at radius 1 is 0.976 bits per heavy atom. The number of nitrogens with zero attached hydrogens (tertiary/aromatic N) is 4. The van der Waals surface area contributed by atoms with Gasteiger partial charge in [-0.2, -0.15) is 13.2 Å². The van der Waals surface area contributed by atoms with Crippen LogP contribution in [-0.2, 0) is 20.9 Å². The molecule has 42 heavy (non-hydrogen) atoms. The smallest absolute Gasteiger partial charge is 0.361 e. The summed E-state index contributed by atoms with van der Waals surface area (Å²) in [6.45, 7) is 6.26. The zero-order valence-electron chi connectivity index (χ0n) is 23.7. The number of rotatable bonds is 8. The third-order valence-corrected chi connectivity index (χ3v) is 9.53. The Hall–Kier alpha value is -3.71. The van der Waals surface area contributed by atoms with Gasteiger partial charge in [0.1, 0.15) is 12.8 Å². The molecule has 0 radical (unpaired) electrons. The quantitative estimate of drug-likeness (QED) is 0.245. The average molecular weight is 603 g/mol. The largest absolute Gasteiger partial charge is 0.411 e. The van der Waals surface area contributed by atoms with Crippen molar-refractivity contribution in [1.82, 2.24) is 9.80 Å². The van der Waals surface area contributed by atoms with E-state index >= 15 is 0 Å². The molecule has 2 aromatic carbocycles. The highest BCUT2D eigenvalue weighted by Gasteiger charge is 2.53. The Morgan fingerprint density at radius 2 is 1.69 bits per heavy atom. The van der Waals surface area contributed by atoms with Crippen LogP contribution in [0.4, 0.5) is 29.3 Å². The average Bonchev–Trinajstić information content (AvgIpc) is 3.44. The number of hydrogen-bond donors (Lipinski definition) is 0. The summed E-state index contributed by atoms with van der Waals surface area (Å²) in [6, 6.07) is 9.27. The summed E-state index contributed by atoms with van der Waals surface area (Å²) >= 11 is 0. The molecular formula is C29H33F3N4O5Si. The monoisotopic (exact) mass is 602 g/mol. The number of amides is 5. The van der Waals surface area contributed by atoms with Crippen molar-refractivity contribution < 1.29 is 37.1 Å². The van der Waals surface area contributed by atoms with E-state index in [0.29, 0.717) is 17.7 Å². The van der Waals surface area contributed by atoms with Gasteiger partial charge in [-0.25, -0.2) is 4.79 Å². The van der Waals surface area contributed by atoms with Crippen LogP contribution in [-0.4, -0.2) is 79.8 Å². The van der Waals surface area contributed by atoms with Gasteiger partial charge in [-0.15, -0.1) is 0 Å². The van der Waals surface area contributed by atoms with E-state index in [1.165, 1.54) is 35.2 Å². The fourth-order valence-electron chi connectivity index (χ4n) is 5.47. The van der Waals surface area contributed by atoms with Crippen molar-refractivity contribution in [2.45, 2.75) is 63.3 Å². The number of imide groups is 1. The SMILES string of the molecule is C[Si](C)(C)CCOCN1C(=O)CCC(N2Cc3cc(N4C[C@H](C(F)(F)F)N(c5ccccc5)C4=O)ccc3C2=O)C1=O. The minimum Gasteiger partial charge on any atom is -0.361 e. The third kappa shape index (κ3) is 5.80. The Morgan fingerprint density at radius 3 is 2.36 bits per heavy atom. The number of piperidine rings is 1. The molecule has 2 saturated heterocycles. The maximum Gasteiger partial charge on any atom is 0.411 e. The predicted octanol–water partition coefficient (Wildman–Crippen LogP) is 4.85. The van der Waals surface area contributed by atoms with Crippen LogP contribution in [0.25, 0.3) is 0 Å². The summed E-state index contributed by atoms with van der Waals surface area (Å²) in [6.07, 6.45) is -4.41. The van der Waals surface area contributed by atoms with Crippen LogP contribution in [0.5, 0.6) is 0 Å². The van der Waals surface area contributed by atoms with Crippen LogP contribution in [0.3, 0.4) is 0 Å². The second kappa shape index (κ2) is 11.2. The van der Waals surface area contributed by atoms with Gasteiger partial charge in [0.2, 0.25) is 5.91 Å². The molecule has 5 rings (SSSR count). The lowest BCUT2D eigenvalue weighted by Crippen LogP contribution is -2.55. The molecule has 1 unspecified atom stereocenters. The molecule has 0 aromatic heterocycles. The maximum absolute atomic E-state index is 14.0. The zero-order valence-corrected chi connectivity index (χ0v) is 24.7. The molecule has 0 spiro atoms. The summed E-state index contributed by atoms with van der Waals surface area (Å²) < 4.78 is 47.6. The van der Waals surface area contributed by atoms with Crippen LogP contribution in [0.2, 0.25) is 25.7 Å². The van der Waals surface area contributed by atoms with E-state index in [1.54, 1.807) is 18.2 Å². The highest BCUT2D eigenvalue weighted by molar-refractivity contribution is 6.76. The molecule has 224 valence electrons. The first-order valence-corrected chi connectivity index (χ1v) is 17.6. The molecule has 0 saturated carbocycles. The Bertz CT molecular complexity index is 1400. The number of alkyl halides is 3. The molecule has 9 nitrogen and oxygen atoms in total. The van der Waals surface area contributed by atoms with E-state index in [0.717, 1.165) is 20.7 Å². The fourth-order valence-corrected chi connectivity index (χ4v) is 6.23. The van der Waals surface area contributed by atoms with Gasteiger partial charge in [0.25, 0.3) is 11.8 Å². The van der Waals surface area contributed by atoms with Crippen LogP contribution in [0.1, 0.15) is 28.8 Å². The molecule has 3 aliphatic heterocycles. The molecule has 3 heterocycles. The Balaban J connectivity index is 1.32. The van der Waals surface area contributed by atoms with Crippen molar-refractivity contribution in [1.29, 1.82) is 0 Å². The van der Waals surface area contributed by atoms with Gasteiger partial charge in [0.05, 0.1) is 6.54 Å². The summed E-state index contributed by atoms with van der Waals surface area (Å²) in [7, 11) is -1.36. The Kier molecular flexibility index (Phi) is 7.92. The highest BCUT2D eigenvalue weighted by Crippen LogP contribution is 2.38. The summed E-state index contributed by atoms with van der Waals surface area (Å²) in [5, 5.41) is 0. The predicted molar refractivity (Wildman–Crippen MR) is 152 cm³/mol. The van der Waals surface area contributed by atoms with Crippen molar-refractivity contribution in [3.63, 3.8) is 0 Å². The minimum atomic E-state index is -4.66. The van der Waals surface area contributed by atoms with Gasteiger partial charge in [0, 0.05) is 44.6 Å². The molecular weight excluding hydrogens is 569 g/mol. The molecule has 2 fully saturated rings. The Labute approximate surface area is 242 Å². The highest BCUT2D eigenvalue weighted by atomic mass is 28.3. The van der Waals surface area contributed by atoms with E-state index in [1.807, 2.05) is 0 Å². The number of benzene rings is 2. The van der Waals surface area contributed by atoms with Gasteiger partial charge in [-0.1, -0.05) is 37.8 Å². The van der Waals surface area contributed by atoms with Crippen LogP contribution < -0.4 is 9.80 Å². The second-order valence-electron chi connectivity index (χ2n) is 12.0. The van der Waals surface area contributed by atoms with E-state index in [9.17, 15) is 32.3 Å². The number of carbonyl (C=O) groups excluding carboxylic acids is 4. The lowest BCUT2D eigenvalue weighted by atomic mass is 10.0. The molecule has 0 N–H and O–H groups in total. The normalized spacial score (nSPS) is 21.6. The molecule has 2 aromatic rings. The summed E-state index contributed by atoms with van der Waals surface area (Å²) in [5.74, 6) is -1.28. The van der Waals surface area contributed by atoms with Crippen molar-refractivity contribution in [2.24, 2.45) is 0 Å². The first-order valence-electron chi connectivity index (χ1n) is 13.8. The fraction of sp³-hybridized carbons (Fsp3) is 0.448. The molecule has 5 amide bonds. The van der Waals surface area contributed by atoms with Gasteiger partial charge in [0.15, 0.2) is 6.04 Å². The number of halogens is 3.